The number of amides is 1. The molecule has 2 heterocycles. The lowest BCUT2D eigenvalue weighted by atomic mass is 9.94. The van der Waals surface area contributed by atoms with E-state index in [0.717, 1.165) is 38.9 Å². The fourth-order valence-corrected chi connectivity index (χ4v) is 4.69. The van der Waals surface area contributed by atoms with Crippen molar-refractivity contribution in [3.8, 4) is 0 Å². The van der Waals surface area contributed by atoms with E-state index in [-0.39, 0.29) is 11.7 Å². The zero-order chi connectivity index (χ0) is 25.9. The van der Waals surface area contributed by atoms with Gasteiger partial charge in [0.2, 0.25) is 5.91 Å². The Hall–Kier alpha value is -3.46. The molecular formula is C27H34FN3O5. The maximum Gasteiger partial charge on any atom is 0.414 e. The lowest BCUT2D eigenvalue weighted by Gasteiger charge is -2.39. The highest BCUT2D eigenvalue weighted by molar-refractivity contribution is 6.27. The van der Waals surface area contributed by atoms with E-state index in [2.05, 4.69) is 40.1 Å². The molecule has 0 aromatic heterocycles. The van der Waals surface area contributed by atoms with Gasteiger partial charge in [-0.25, -0.2) is 14.0 Å². The van der Waals surface area contributed by atoms with Crippen molar-refractivity contribution in [2.75, 3.05) is 50.7 Å². The molecule has 0 unspecified atom stereocenters. The summed E-state index contributed by atoms with van der Waals surface area (Å²) in [5.74, 6) is -3.38. The van der Waals surface area contributed by atoms with Gasteiger partial charge in [-0.2, -0.15) is 0 Å². The van der Waals surface area contributed by atoms with Gasteiger partial charge in [-0.15, -0.1) is 0 Å². The van der Waals surface area contributed by atoms with Crippen LogP contribution >= 0.6 is 0 Å². The van der Waals surface area contributed by atoms with E-state index in [4.69, 9.17) is 19.8 Å². The average Bonchev–Trinajstić information content (AvgIpc) is 2.90. The quantitative estimate of drug-likeness (QED) is 0.590. The summed E-state index contributed by atoms with van der Waals surface area (Å²) < 4.78 is 14.0. The summed E-state index contributed by atoms with van der Waals surface area (Å²) in [6.45, 7) is 5.91. The number of anilines is 1. The summed E-state index contributed by atoms with van der Waals surface area (Å²) in [6.07, 6.45) is 4.20. The minimum Gasteiger partial charge on any atom is -0.473 e. The SMILES string of the molecule is O=C(C1CCN(CCCc2ccccc2)CC1)N1CCN(c2ccccc2F)CC1.O=C(O)C(=O)O. The highest BCUT2D eigenvalue weighted by Gasteiger charge is 2.30. The van der Waals surface area contributed by atoms with Crippen LogP contribution in [-0.4, -0.2) is 83.7 Å². The van der Waals surface area contributed by atoms with Crippen LogP contribution in [-0.2, 0) is 20.8 Å². The second kappa shape index (κ2) is 13.6. The molecule has 194 valence electrons. The van der Waals surface area contributed by atoms with E-state index >= 15 is 0 Å². The zero-order valence-electron chi connectivity index (χ0n) is 20.4. The normalized spacial score (nSPS) is 16.7. The van der Waals surface area contributed by atoms with Gasteiger partial charge in [0, 0.05) is 32.1 Å². The molecule has 0 radical (unpaired) electrons. The molecule has 2 aromatic rings. The van der Waals surface area contributed by atoms with E-state index in [9.17, 15) is 9.18 Å². The number of halogens is 1. The van der Waals surface area contributed by atoms with Crippen LogP contribution in [0.25, 0.3) is 0 Å². The third-order valence-corrected chi connectivity index (χ3v) is 6.69. The first-order valence-electron chi connectivity index (χ1n) is 12.4. The minimum atomic E-state index is -1.82. The van der Waals surface area contributed by atoms with Crippen molar-refractivity contribution in [3.63, 3.8) is 0 Å². The smallest absolute Gasteiger partial charge is 0.414 e. The van der Waals surface area contributed by atoms with Gasteiger partial charge in [-0.3, -0.25) is 4.79 Å². The Morgan fingerprint density at radius 2 is 1.39 bits per heavy atom. The molecule has 0 spiro atoms. The van der Waals surface area contributed by atoms with Gasteiger partial charge in [-0.05, 0) is 63.0 Å². The number of rotatable bonds is 6. The average molecular weight is 500 g/mol. The second-order valence-electron chi connectivity index (χ2n) is 9.08. The molecule has 4 rings (SSSR count). The van der Waals surface area contributed by atoms with Crippen molar-refractivity contribution in [3.05, 3.63) is 66.0 Å². The van der Waals surface area contributed by atoms with Crippen molar-refractivity contribution in [1.29, 1.82) is 0 Å². The van der Waals surface area contributed by atoms with Crippen molar-refractivity contribution in [1.82, 2.24) is 9.80 Å². The first-order valence-corrected chi connectivity index (χ1v) is 12.4. The molecule has 0 aliphatic carbocycles. The van der Waals surface area contributed by atoms with Crippen molar-refractivity contribution in [2.24, 2.45) is 5.92 Å². The summed E-state index contributed by atoms with van der Waals surface area (Å²) in [5, 5.41) is 14.8. The number of benzene rings is 2. The molecule has 0 bridgehead atoms. The number of para-hydroxylation sites is 1. The molecule has 2 N–H and O–H groups in total. The van der Waals surface area contributed by atoms with Gasteiger partial charge in [0.25, 0.3) is 0 Å². The van der Waals surface area contributed by atoms with Crippen LogP contribution < -0.4 is 4.90 Å². The van der Waals surface area contributed by atoms with Gasteiger partial charge in [0.05, 0.1) is 5.69 Å². The van der Waals surface area contributed by atoms with Gasteiger partial charge < -0.3 is 24.9 Å². The third kappa shape index (κ3) is 8.05. The first-order chi connectivity index (χ1) is 17.3. The number of piperazine rings is 1. The van der Waals surface area contributed by atoms with Crippen LogP contribution in [0.3, 0.4) is 0 Å². The summed E-state index contributed by atoms with van der Waals surface area (Å²) in [6, 6.07) is 17.5. The fraction of sp³-hybridized carbons (Fsp3) is 0.444. The lowest BCUT2D eigenvalue weighted by Crippen LogP contribution is -2.51. The van der Waals surface area contributed by atoms with Gasteiger partial charge in [0.1, 0.15) is 5.82 Å². The van der Waals surface area contributed by atoms with E-state index in [0.29, 0.717) is 37.8 Å². The highest BCUT2D eigenvalue weighted by atomic mass is 19.1. The van der Waals surface area contributed by atoms with Gasteiger partial charge in [0.15, 0.2) is 0 Å². The summed E-state index contributed by atoms with van der Waals surface area (Å²) in [4.78, 5) is 37.7. The summed E-state index contributed by atoms with van der Waals surface area (Å²) in [7, 11) is 0. The molecule has 2 fully saturated rings. The Morgan fingerprint density at radius 3 is 1.97 bits per heavy atom. The van der Waals surface area contributed by atoms with E-state index in [1.165, 1.54) is 18.1 Å². The Morgan fingerprint density at radius 1 is 0.806 bits per heavy atom. The lowest BCUT2D eigenvalue weighted by molar-refractivity contribution is -0.159. The Labute approximate surface area is 210 Å². The summed E-state index contributed by atoms with van der Waals surface area (Å²) in [5.41, 5.74) is 2.05. The van der Waals surface area contributed by atoms with Crippen molar-refractivity contribution < 1.29 is 29.0 Å². The number of carboxylic acids is 2. The topological polar surface area (TPSA) is 101 Å². The molecule has 9 heteroatoms. The van der Waals surface area contributed by atoms with Gasteiger partial charge >= 0.3 is 11.9 Å². The van der Waals surface area contributed by atoms with E-state index in [1.54, 1.807) is 6.07 Å². The van der Waals surface area contributed by atoms with Crippen molar-refractivity contribution >= 4 is 23.5 Å². The molecule has 2 saturated heterocycles. The predicted molar refractivity (Wildman–Crippen MR) is 134 cm³/mol. The standard InChI is InChI=1S/C25H32FN3O.C2H2O4/c26-23-10-4-5-11-24(23)28-17-19-29(20-18-28)25(30)22-12-15-27(16-13-22)14-6-9-21-7-2-1-3-8-21;3-1(4)2(5)6/h1-5,7-8,10-11,22H,6,9,12-20H2;(H,3,4)(H,5,6). The number of hydrogen-bond donors (Lipinski definition) is 2. The number of aliphatic carboxylic acids is 2. The maximum atomic E-state index is 14.0. The van der Waals surface area contributed by atoms with Crippen molar-refractivity contribution in [2.45, 2.75) is 25.7 Å². The molecule has 2 aromatic carbocycles. The minimum absolute atomic E-state index is 0.149. The van der Waals surface area contributed by atoms with E-state index in [1.807, 2.05) is 17.0 Å². The number of hydrogen-bond acceptors (Lipinski definition) is 5. The Bertz CT molecular complexity index is 991. The number of nitrogens with zero attached hydrogens (tertiary/aromatic N) is 3. The predicted octanol–water partition coefficient (Wildman–Crippen LogP) is 2.97. The number of likely N-dealkylation sites (tertiary alicyclic amines) is 1. The highest BCUT2D eigenvalue weighted by Crippen LogP contribution is 2.23. The zero-order valence-corrected chi connectivity index (χ0v) is 20.4. The van der Waals surface area contributed by atoms with Gasteiger partial charge in [-0.1, -0.05) is 42.5 Å². The third-order valence-electron chi connectivity index (χ3n) is 6.69. The number of carbonyl (C=O) groups is 3. The van der Waals surface area contributed by atoms with E-state index < -0.39 is 11.9 Å². The molecule has 8 nitrogen and oxygen atoms in total. The Balaban J connectivity index is 0.000000538. The van der Waals surface area contributed by atoms with Crippen LogP contribution in [0.1, 0.15) is 24.8 Å². The first kappa shape index (κ1) is 27.1. The molecule has 0 atom stereocenters. The van der Waals surface area contributed by atoms with Crippen LogP contribution in [0.2, 0.25) is 0 Å². The Kier molecular flexibility index (Phi) is 10.2. The molecule has 1 amide bonds. The second-order valence-corrected chi connectivity index (χ2v) is 9.08. The maximum absolute atomic E-state index is 14.0. The summed E-state index contributed by atoms with van der Waals surface area (Å²) >= 11 is 0. The number of carboxylic acid groups (broad SMARTS) is 2. The monoisotopic (exact) mass is 499 g/mol. The number of aryl methyl sites for hydroxylation is 1. The molecule has 36 heavy (non-hydrogen) atoms. The van der Waals surface area contributed by atoms with Crippen LogP contribution in [0.15, 0.2) is 54.6 Å². The van der Waals surface area contributed by atoms with Crippen LogP contribution in [0.4, 0.5) is 10.1 Å². The number of carbonyl (C=O) groups excluding carboxylic acids is 1. The molecular weight excluding hydrogens is 465 g/mol. The number of piperidine rings is 1. The van der Waals surface area contributed by atoms with Crippen LogP contribution in [0.5, 0.6) is 0 Å². The van der Waals surface area contributed by atoms with Crippen LogP contribution in [0, 0.1) is 11.7 Å². The molecule has 2 aliphatic heterocycles. The fourth-order valence-electron chi connectivity index (χ4n) is 4.69. The largest absolute Gasteiger partial charge is 0.473 e. The molecule has 2 aliphatic rings. The molecule has 0 saturated carbocycles.